The van der Waals surface area contributed by atoms with Crippen LogP contribution in [0.3, 0.4) is 0 Å². The average Bonchev–Trinajstić information content (AvgIpc) is 2.99. The van der Waals surface area contributed by atoms with Crippen LogP contribution in [0.4, 0.5) is 4.79 Å². The number of carbonyl (C=O) groups is 3. The summed E-state index contributed by atoms with van der Waals surface area (Å²) in [5.74, 6) is -2.21. The maximum absolute atomic E-state index is 12.1. The van der Waals surface area contributed by atoms with E-state index >= 15 is 0 Å². The van der Waals surface area contributed by atoms with Crippen LogP contribution < -0.4 is 5.32 Å². The molecule has 1 unspecified atom stereocenters. The Labute approximate surface area is 155 Å². The van der Waals surface area contributed by atoms with Gasteiger partial charge in [-0.15, -0.1) is 0 Å². The molecule has 0 saturated heterocycles. The Morgan fingerprint density at radius 1 is 1.04 bits per heavy atom. The third-order valence-electron chi connectivity index (χ3n) is 4.53. The molecule has 0 radical (unpaired) electrons. The number of hydrogen-bond donors (Lipinski definition) is 2. The third-order valence-corrected chi connectivity index (χ3v) is 4.53. The van der Waals surface area contributed by atoms with Crippen molar-refractivity contribution in [1.82, 2.24) is 5.32 Å². The fourth-order valence-electron chi connectivity index (χ4n) is 3.23. The first-order chi connectivity index (χ1) is 13.0. The lowest BCUT2D eigenvalue weighted by Gasteiger charge is -2.17. The third kappa shape index (κ3) is 3.92. The molecule has 0 aliphatic heterocycles. The highest BCUT2D eigenvalue weighted by Crippen LogP contribution is 2.44. The van der Waals surface area contributed by atoms with E-state index in [9.17, 15) is 14.4 Å². The van der Waals surface area contributed by atoms with Crippen LogP contribution in [0, 0.1) is 0 Å². The summed E-state index contributed by atoms with van der Waals surface area (Å²) in [4.78, 5) is 34.5. The molecule has 0 spiro atoms. The molecule has 7 nitrogen and oxygen atoms in total. The monoisotopic (exact) mass is 369 g/mol. The van der Waals surface area contributed by atoms with E-state index in [4.69, 9.17) is 9.84 Å². The van der Waals surface area contributed by atoms with Gasteiger partial charge in [0.15, 0.2) is 0 Å². The van der Waals surface area contributed by atoms with Gasteiger partial charge in [0.2, 0.25) is 0 Å². The number of carbonyl (C=O) groups excluding carboxylic acids is 2. The molecule has 2 aromatic carbocycles. The van der Waals surface area contributed by atoms with E-state index in [-0.39, 0.29) is 12.5 Å². The largest absolute Gasteiger partial charge is 0.480 e. The molecule has 0 fully saturated rings. The molecule has 7 heteroatoms. The van der Waals surface area contributed by atoms with E-state index in [1.165, 1.54) is 0 Å². The van der Waals surface area contributed by atoms with Crippen molar-refractivity contribution >= 4 is 18.0 Å². The van der Waals surface area contributed by atoms with Crippen molar-refractivity contribution in [2.24, 2.45) is 0 Å². The molecule has 1 amide bonds. The summed E-state index contributed by atoms with van der Waals surface area (Å²) < 4.78 is 9.71. The Morgan fingerprint density at radius 2 is 1.59 bits per heavy atom. The van der Waals surface area contributed by atoms with Crippen LogP contribution in [-0.2, 0) is 19.1 Å². The van der Waals surface area contributed by atoms with E-state index in [1.54, 1.807) is 0 Å². The van der Waals surface area contributed by atoms with E-state index in [0.717, 1.165) is 29.4 Å². The molecule has 1 aliphatic rings. The molecular formula is C20H19NO6. The lowest BCUT2D eigenvalue weighted by atomic mass is 9.98. The molecule has 0 bridgehead atoms. The number of methoxy groups -OCH3 is 1. The van der Waals surface area contributed by atoms with Gasteiger partial charge in [0.25, 0.3) is 0 Å². The van der Waals surface area contributed by atoms with E-state index in [1.807, 2.05) is 48.5 Å². The molecule has 27 heavy (non-hydrogen) atoms. The Kier molecular flexibility index (Phi) is 5.40. The number of aliphatic carboxylic acids is 1. The van der Waals surface area contributed by atoms with Gasteiger partial charge in [-0.3, -0.25) is 4.79 Å². The van der Waals surface area contributed by atoms with Gasteiger partial charge in [0, 0.05) is 5.92 Å². The van der Waals surface area contributed by atoms with Gasteiger partial charge in [-0.1, -0.05) is 48.5 Å². The van der Waals surface area contributed by atoms with Gasteiger partial charge >= 0.3 is 18.0 Å². The van der Waals surface area contributed by atoms with Crippen LogP contribution >= 0.6 is 0 Å². The van der Waals surface area contributed by atoms with Gasteiger partial charge in [-0.05, 0) is 22.3 Å². The molecule has 2 N–H and O–H groups in total. The molecular weight excluding hydrogens is 350 g/mol. The highest BCUT2D eigenvalue weighted by Gasteiger charge is 2.30. The Balaban J connectivity index is 1.68. The molecule has 1 aliphatic carbocycles. The van der Waals surface area contributed by atoms with Crippen LogP contribution in [0.15, 0.2) is 48.5 Å². The molecule has 2 aromatic rings. The van der Waals surface area contributed by atoms with Crippen molar-refractivity contribution in [2.75, 3.05) is 13.7 Å². The Hall–Kier alpha value is -3.35. The number of benzene rings is 2. The molecule has 0 aromatic heterocycles. The number of amides is 1. The lowest BCUT2D eigenvalue weighted by molar-refractivity contribution is -0.147. The molecule has 0 heterocycles. The lowest BCUT2D eigenvalue weighted by Crippen LogP contribution is -2.43. The zero-order valence-corrected chi connectivity index (χ0v) is 14.7. The van der Waals surface area contributed by atoms with Gasteiger partial charge in [-0.25, -0.2) is 9.59 Å². The number of esters is 1. The number of hydrogen-bond acceptors (Lipinski definition) is 5. The number of alkyl carbamates (subject to hydrolysis) is 1. The van der Waals surface area contributed by atoms with Crippen molar-refractivity contribution < 1.29 is 29.0 Å². The second-order valence-corrected chi connectivity index (χ2v) is 6.14. The fourth-order valence-corrected chi connectivity index (χ4v) is 3.23. The maximum atomic E-state index is 12.1. The summed E-state index contributed by atoms with van der Waals surface area (Å²) in [6, 6.07) is 14.4. The smallest absolute Gasteiger partial charge is 0.407 e. The minimum Gasteiger partial charge on any atom is -0.480 e. The van der Waals surface area contributed by atoms with Crippen molar-refractivity contribution in [2.45, 2.75) is 18.4 Å². The summed E-state index contributed by atoms with van der Waals surface area (Å²) in [6.45, 7) is 0.0599. The SMILES string of the molecule is COC(=O)CC(NC(=O)OCC1c2ccccc2-c2ccccc21)C(=O)O. The minimum absolute atomic E-state index is 0.0599. The number of nitrogens with one attached hydrogen (secondary N) is 1. The first kappa shape index (κ1) is 18.4. The number of ether oxygens (including phenoxy) is 2. The Morgan fingerprint density at radius 3 is 2.11 bits per heavy atom. The summed E-state index contributed by atoms with van der Waals surface area (Å²) in [5.41, 5.74) is 4.29. The number of rotatable bonds is 6. The van der Waals surface area contributed by atoms with Crippen LogP contribution in [0.25, 0.3) is 11.1 Å². The summed E-state index contributed by atoms with van der Waals surface area (Å²) in [5, 5.41) is 11.3. The second-order valence-electron chi connectivity index (χ2n) is 6.14. The second kappa shape index (κ2) is 7.90. The van der Waals surface area contributed by atoms with Crippen molar-refractivity contribution in [3.05, 3.63) is 59.7 Å². The summed E-state index contributed by atoms with van der Waals surface area (Å²) >= 11 is 0. The molecule has 140 valence electrons. The normalized spacial score (nSPS) is 13.2. The molecule has 0 saturated carbocycles. The van der Waals surface area contributed by atoms with Gasteiger partial charge in [0.1, 0.15) is 12.6 Å². The van der Waals surface area contributed by atoms with Gasteiger partial charge < -0.3 is 19.9 Å². The van der Waals surface area contributed by atoms with E-state index in [2.05, 4.69) is 10.1 Å². The topological polar surface area (TPSA) is 102 Å². The Bertz CT molecular complexity index is 833. The predicted molar refractivity (Wildman–Crippen MR) is 96.3 cm³/mol. The fraction of sp³-hybridized carbons (Fsp3) is 0.250. The number of carboxylic acids is 1. The zero-order chi connectivity index (χ0) is 19.4. The van der Waals surface area contributed by atoms with Crippen LogP contribution in [0.1, 0.15) is 23.5 Å². The van der Waals surface area contributed by atoms with E-state index < -0.39 is 30.5 Å². The minimum atomic E-state index is -1.41. The average molecular weight is 369 g/mol. The summed E-state index contributed by atoms with van der Waals surface area (Å²) in [6.07, 6.45) is -1.37. The first-order valence-electron chi connectivity index (χ1n) is 8.42. The predicted octanol–water partition coefficient (Wildman–Crippen LogP) is 2.54. The van der Waals surface area contributed by atoms with Crippen molar-refractivity contribution in [1.29, 1.82) is 0 Å². The van der Waals surface area contributed by atoms with Crippen LogP contribution in [-0.4, -0.2) is 42.9 Å². The van der Waals surface area contributed by atoms with Crippen molar-refractivity contribution in [3.8, 4) is 11.1 Å². The highest BCUT2D eigenvalue weighted by atomic mass is 16.5. The van der Waals surface area contributed by atoms with Gasteiger partial charge in [-0.2, -0.15) is 0 Å². The standard InChI is InChI=1S/C20H19NO6/c1-26-18(22)10-17(19(23)24)21-20(25)27-11-16-14-8-4-2-6-12(14)13-7-3-5-9-15(13)16/h2-9,16-17H,10-11H2,1H3,(H,21,25)(H,23,24). The number of fused-ring (bicyclic) bond motifs is 3. The van der Waals surface area contributed by atoms with E-state index in [0.29, 0.717) is 0 Å². The van der Waals surface area contributed by atoms with Crippen molar-refractivity contribution in [3.63, 3.8) is 0 Å². The van der Waals surface area contributed by atoms with Crippen LogP contribution in [0.5, 0.6) is 0 Å². The zero-order valence-electron chi connectivity index (χ0n) is 14.7. The van der Waals surface area contributed by atoms with Crippen LogP contribution in [0.2, 0.25) is 0 Å². The maximum Gasteiger partial charge on any atom is 0.407 e. The summed E-state index contributed by atoms with van der Waals surface area (Å²) in [7, 11) is 1.15. The molecule has 1 atom stereocenters. The number of carboxylic acid groups (broad SMARTS) is 1. The quantitative estimate of drug-likeness (QED) is 0.759. The van der Waals surface area contributed by atoms with Gasteiger partial charge in [0.05, 0.1) is 13.5 Å². The first-order valence-corrected chi connectivity index (χ1v) is 8.42. The molecule has 3 rings (SSSR count). The highest BCUT2D eigenvalue weighted by molar-refractivity contribution is 5.85.